The number of benzene rings is 2. The Morgan fingerprint density at radius 2 is 1.88 bits per heavy atom. The number of nitrogens with one attached hydrogen (secondary N) is 1. The van der Waals surface area contributed by atoms with Gasteiger partial charge in [0.2, 0.25) is 0 Å². The monoisotopic (exact) mass is 348 g/mol. The number of aromatic amines is 1. The molecule has 0 aliphatic carbocycles. The molecule has 1 aromatic heterocycles. The number of rotatable bonds is 3. The van der Waals surface area contributed by atoms with Gasteiger partial charge in [-0.1, -0.05) is 35.4 Å². The Morgan fingerprint density at radius 3 is 2.68 bits per heavy atom. The molecule has 1 N–H and O–H groups in total. The summed E-state index contributed by atoms with van der Waals surface area (Å²) < 4.78 is 0. The first-order chi connectivity index (χ1) is 12.3. The molecule has 3 saturated heterocycles. The van der Waals surface area contributed by atoms with Crippen molar-refractivity contribution in [2.45, 2.75) is 24.7 Å². The lowest BCUT2D eigenvalue weighted by atomic mass is 9.82. The fraction of sp³-hybridized carbons (Fsp3) is 0.364. The fourth-order valence-electron chi connectivity index (χ4n) is 4.50. The number of para-hydroxylation sites is 1. The molecule has 2 nitrogen and oxygen atoms in total. The Morgan fingerprint density at radius 1 is 1.08 bits per heavy atom. The van der Waals surface area contributed by atoms with E-state index >= 15 is 0 Å². The number of piperidine rings is 3. The van der Waals surface area contributed by atoms with Crippen LogP contribution < -0.4 is 0 Å². The number of fused-ring (bicyclic) bond motifs is 6. The van der Waals surface area contributed by atoms with Crippen molar-refractivity contribution in [3.05, 3.63) is 53.6 Å². The molecule has 2 bridgehead atoms. The zero-order valence-electron chi connectivity index (χ0n) is 14.7. The van der Waals surface area contributed by atoms with Gasteiger partial charge in [-0.2, -0.15) is 0 Å². The summed E-state index contributed by atoms with van der Waals surface area (Å²) in [6.45, 7) is 6.20. The maximum absolute atomic E-state index is 3.56. The summed E-state index contributed by atoms with van der Waals surface area (Å²) in [4.78, 5) is 7.55. The zero-order chi connectivity index (χ0) is 16.8. The van der Waals surface area contributed by atoms with Crippen molar-refractivity contribution >= 4 is 33.6 Å². The minimum Gasteiger partial charge on any atom is -0.354 e. The standard InChI is InChI=1S/C22H24N2S/c1-15(20-13-24-10-8-16(20)9-11-24)14-25-17-6-7-19-18-4-2-3-5-21(18)23-22(19)12-17/h2-7,12,16,23H,8-11,13-14H2,1H3/b20-15+. The SMILES string of the molecule is C/C(CSc1ccc2c(c1)[nH]c1ccccc12)=C1/CN2CCC1CC2. The fourth-order valence-corrected chi connectivity index (χ4v) is 5.43. The average Bonchev–Trinajstić information content (AvgIpc) is 3.04. The Balaban J connectivity index is 1.38. The maximum atomic E-state index is 3.56. The lowest BCUT2D eigenvalue weighted by molar-refractivity contribution is 0.160. The molecule has 4 heterocycles. The summed E-state index contributed by atoms with van der Waals surface area (Å²) >= 11 is 1.98. The molecule has 3 aliphatic heterocycles. The molecule has 25 heavy (non-hydrogen) atoms. The summed E-state index contributed by atoms with van der Waals surface area (Å²) in [5.74, 6) is 1.98. The number of H-pyrrole nitrogens is 1. The van der Waals surface area contributed by atoms with Crippen molar-refractivity contribution in [2.75, 3.05) is 25.4 Å². The molecule has 0 unspecified atom stereocenters. The highest BCUT2D eigenvalue weighted by atomic mass is 32.2. The Bertz CT molecular complexity index is 960. The van der Waals surface area contributed by atoms with Gasteiger partial charge in [-0.25, -0.2) is 0 Å². The van der Waals surface area contributed by atoms with E-state index in [9.17, 15) is 0 Å². The van der Waals surface area contributed by atoms with Crippen molar-refractivity contribution in [3.8, 4) is 0 Å². The van der Waals surface area contributed by atoms with Gasteiger partial charge in [0.25, 0.3) is 0 Å². The predicted octanol–water partition coefficient (Wildman–Crippen LogP) is 5.46. The summed E-state index contributed by atoms with van der Waals surface area (Å²) in [6, 6.07) is 15.4. The van der Waals surface area contributed by atoms with Crippen LogP contribution in [0.5, 0.6) is 0 Å². The minimum atomic E-state index is 0.863. The van der Waals surface area contributed by atoms with Gasteiger partial charge in [-0.05, 0) is 57.0 Å². The lowest BCUT2D eigenvalue weighted by Crippen LogP contribution is -2.43. The zero-order valence-corrected chi connectivity index (χ0v) is 15.5. The molecule has 3 fully saturated rings. The number of hydrogen-bond acceptors (Lipinski definition) is 2. The molecule has 128 valence electrons. The number of aromatic nitrogens is 1. The molecule has 0 spiro atoms. The van der Waals surface area contributed by atoms with Gasteiger partial charge < -0.3 is 4.98 Å². The van der Waals surface area contributed by atoms with E-state index < -0.39 is 0 Å². The van der Waals surface area contributed by atoms with Gasteiger partial charge in [0.1, 0.15) is 0 Å². The van der Waals surface area contributed by atoms with Crippen LogP contribution in [0.3, 0.4) is 0 Å². The second kappa shape index (κ2) is 6.22. The predicted molar refractivity (Wildman–Crippen MR) is 108 cm³/mol. The van der Waals surface area contributed by atoms with Crippen LogP contribution in [-0.4, -0.2) is 35.3 Å². The third-order valence-corrected chi connectivity index (χ3v) is 7.12. The summed E-state index contributed by atoms with van der Waals surface area (Å²) in [7, 11) is 0. The minimum absolute atomic E-state index is 0.863. The topological polar surface area (TPSA) is 19.0 Å². The van der Waals surface area contributed by atoms with E-state index in [0.717, 1.165) is 11.7 Å². The van der Waals surface area contributed by atoms with Crippen LogP contribution >= 0.6 is 11.8 Å². The van der Waals surface area contributed by atoms with Crippen LogP contribution in [0, 0.1) is 5.92 Å². The molecule has 0 radical (unpaired) electrons. The van der Waals surface area contributed by atoms with Gasteiger partial charge in [0, 0.05) is 39.0 Å². The van der Waals surface area contributed by atoms with E-state index in [0.29, 0.717) is 0 Å². The first-order valence-corrected chi connectivity index (χ1v) is 10.3. The summed E-state index contributed by atoms with van der Waals surface area (Å²) in [5.41, 5.74) is 5.82. The normalized spacial score (nSPS) is 25.0. The smallest absolute Gasteiger partial charge is 0.0476 e. The van der Waals surface area contributed by atoms with Gasteiger partial charge in [0.05, 0.1) is 0 Å². The highest BCUT2D eigenvalue weighted by Crippen LogP contribution is 2.36. The van der Waals surface area contributed by atoms with Gasteiger partial charge in [-0.15, -0.1) is 11.8 Å². The van der Waals surface area contributed by atoms with Crippen molar-refractivity contribution in [2.24, 2.45) is 5.92 Å². The molecule has 6 rings (SSSR count). The molecular formula is C22H24N2S. The molecule has 3 heteroatoms. The highest BCUT2D eigenvalue weighted by Gasteiger charge is 2.30. The molecule has 2 aromatic carbocycles. The van der Waals surface area contributed by atoms with E-state index in [2.05, 4.69) is 59.3 Å². The number of thioether (sulfide) groups is 1. The summed E-state index contributed by atoms with van der Waals surface area (Å²) in [6.07, 6.45) is 2.75. The third kappa shape index (κ3) is 2.80. The van der Waals surface area contributed by atoms with Crippen molar-refractivity contribution in [3.63, 3.8) is 0 Å². The van der Waals surface area contributed by atoms with Gasteiger partial charge in [0.15, 0.2) is 0 Å². The van der Waals surface area contributed by atoms with E-state index in [1.807, 2.05) is 11.8 Å². The highest BCUT2D eigenvalue weighted by molar-refractivity contribution is 7.99. The maximum Gasteiger partial charge on any atom is 0.0476 e. The van der Waals surface area contributed by atoms with Crippen LogP contribution in [0.4, 0.5) is 0 Å². The van der Waals surface area contributed by atoms with Crippen LogP contribution in [-0.2, 0) is 0 Å². The van der Waals surface area contributed by atoms with E-state index in [1.54, 1.807) is 11.1 Å². The first kappa shape index (κ1) is 15.5. The van der Waals surface area contributed by atoms with Crippen LogP contribution in [0.15, 0.2) is 58.5 Å². The molecular weight excluding hydrogens is 324 g/mol. The van der Waals surface area contributed by atoms with Crippen molar-refractivity contribution in [1.29, 1.82) is 0 Å². The van der Waals surface area contributed by atoms with E-state index in [-0.39, 0.29) is 0 Å². The molecule has 0 amide bonds. The Hall–Kier alpha value is -1.71. The van der Waals surface area contributed by atoms with Crippen LogP contribution in [0.1, 0.15) is 19.8 Å². The largest absolute Gasteiger partial charge is 0.354 e. The Kier molecular flexibility index (Phi) is 3.87. The third-order valence-electron chi connectivity index (χ3n) is 5.96. The van der Waals surface area contributed by atoms with Gasteiger partial charge in [-0.3, -0.25) is 4.90 Å². The van der Waals surface area contributed by atoms with Crippen LogP contribution in [0.25, 0.3) is 21.8 Å². The molecule has 3 aromatic rings. The first-order valence-electron chi connectivity index (χ1n) is 9.32. The molecule has 3 aliphatic rings. The average molecular weight is 349 g/mol. The van der Waals surface area contributed by atoms with E-state index in [1.165, 1.54) is 59.2 Å². The molecule has 0 saturated carbocycles. The second-order valence-corrected chi connectivity index (χ2v) is 8.57. The van der Waals surface area contributed by atoms with E-state index in [4.69, 9.17) is 0 Å². The second-order valence-electron chi connectivity index (χ2n) is 7.52. The van der Waals surface area contributed by atoms with Gasteiger partial charge >= 0.3 is 0 Å². The lowest BCUT2D eigenvalue weighted by Gasteiger charge is -2.42. The van der Waals surface area contributed by atoms with Crippen molar-refractivity contribution in [1.82, 2.24) is 9.88 Å². The number of nitrogens with zero attached hydrogens (tertiary/aromatic N) is 1. The Labute approximate surface area is 153 Å². The number of hydrogen-bond donors (Lipinski definition) is 1. The quantitative estimate of drug-likeness (QED) is 0.501. The summed E-state index contributed by atoms with van der Waals surface area (Å²) in [5, 5.41) is 2.65. The van der Waals surface area contributed by atoms with Crippen molar-refractivity contribution < 1.29 is 0 Å². The molecule has 0 atom stereocenters. The van der Waals surface area contributed by atoms with Crippen LogP contribution in [0.2, 0.25) is 0 Å².